The van der Waals surface area contributed by atoms with Gasteiger partial charge in [0.1, 0.15) is 0 Å². The Balaban J connectivity index is 2.54. The van der Waals surface area contributed by atoms with E-state index in [0.717, 1.165) is 6.42 Å². The Labute approximate surface area is 105 Å². The van der Waals surface area contributed by atoms with Crippen molar-refractivity contribution in [2.45, 2.75) is 19.4 Å². The molecule has 1 aliphatic heterocycles. The molecule has 6 nitrogen and oxygen atoms in total. The first kappa shape index (κ1) is 13.9. The molecule has 7 heteroatoms. The number of ether oxygens (including phenoxy) is 1. The van der Waals surface area contributed by atoms with E-state index in [1.165, 1.54) is 0 Å². The van der Waals surface area contributed by atoms with Crippen LogP contribution in [0.15, 0.2) is 0 Å². The molecule has 96 valence electrons. The molecule has 1 atom stereocenters. The fourth-order valence-corrected chi connectivity index (χ4v) is 1.71. The Kier molecular flexibility index (Phi) is 5.30. The van der Waals surface area contributed by atoms with Crippen molar-refractivity contribution < 1.29 is 14.3 Å². The first-order valence-corrected chi connectivity index (χ1v) is 5.92. The van der Waals surface area contributed by atoms with Gasteiger partial charge in [-0.25, -0.2) is 0 Å². The standard InChI is InChI=1S/C10H17N3O3S/c1-2-7-6-16-4-3-13(7)10(15)9(14)12-5-8(11)17/h7H,2-6H2,1H3,(H2,11,17)(H,12,14). The lowest BCUT2D eigenvalue weighted by atomic mass is 10.1. The SMILES string of the molecule is CCC1COCCN1C(=O)C(=O)NCC(N)=S. The Bertz CT molecular complexity index is 322. The zero-order valence-electron chi connectivity index (χ0n) is 9.77. The minimum atomic E-state index is -0.668. The highest BCUT2D eigenvalue weighted by atomic mass is 32.1. The normalized spacial score (nSPS) is 19.8. The summed E-state index contributed by atoms with van der Waals surface area (Å²) in [4.78, 5) is 25.1. The van der Waals surface area contributed by atoms with Crippen molar-refractivity contribution in [3.63, 3.8) is 0 Å². The zero-order chi connectivity index (χ0) is 12.8. The average Bonchev–Trinajstić information content (AvgIpc) is 2.34. The van der Waals surface area contributed by atoms with Gasteiger partial charge < -0.3 is 20.7 Å². The van der Waals surface area contributed by atoms with Crippen LogP contribution in [0.5, 0.6) is 0 Å². The van der Waals surface area contributed by atoms with Gasteiger partial charge in [-0.3, -0.25) is 9.59 Å². The van der Waals surface area contributed by atoms with E-state index < -0.39 is 11.8 Å². The first-order chi connectivity index (χ1) is 8.06. The molecule has 3 N–H and O–H groups in total. The number of amides is 2. The van der Waals surface area contributed by atoms with Crippen molar-refractivity contribution >= 4 is 29.0 Å². The van der Waals surface area contributed by atoms with Crippen LogP contribution in [0, 0.1) is 0 Å². The second kappa shape index (κ2) is 6.51. The van der Waals surface area contributed by atoms with Crippen LogP contribution >= 0.6 is 12.2 Å². The summed E-state index contributed by atoms with van der Waals surface area (Å²) in [6.07, 6.45) is 0.758. The number of nitrogens with two attached hydrogens (primary N) is 1. The van der Waals surface area contributed by atoms with E-state index in [1.54, 1.807) is 4.90 Å². The lowest BCUT2D eigenvalue weighted by molar-refractivity contribution is -0.151. The predicted molar refractivity (Wildman–Crippen MR) is 66.4 cm³/mol. The van der Waals surface area contributed by atoms with E-state index >= 15 is 0 Å². The van der Waals surface area contributed by atoms with E-state index in [1.807, 2.05) is 6.92 Å². The maximum atomic E-state index is 11.9. The number of morpholine rings is 1. The van der Waals surface area contributed by atoms with Crippen LogP contribution in [0.1, 0.15) is 13.3 Å². The molecule has 1 unspecified atom stereocenters. The number of nitrogens with zero attached hydrogens (tertiary/aromatic N) is 1. The second-order valence-corrected chi connectivity index (χ2v) is 4.31. The van der Waals surface area contributed by atoms with Crippen LogP contribution in [-0.2, 0) is 14.3 Å². The quantitative estimate of drug-likeness (QED) is 0.503. The fraction of sp³-hybridized carbons (Fsp3) is 0.700. The summed E-state index contributed by atoms with van der Waals surface area (Å²) in [5, 5.41) is 2.39. The number of thiocarbonyl (C=S) groups is 1. The van der Waals surface area contributed by atoms with E-state index in [2.05, 4.69) is 17.5 Å². The van der Waals surface area contributed by atoms with Crippen LogP contribution in [-0.4, -0.2) is 54.0 Å². The summed E-state index contributed by atoms with van der Waals surface area (Å²) < 4.78 is 5.26. The van der Waals surface area contributed by atoms with Crippen LogP contribution in [0.4, 0.5) is 0 Å². The summed E-state index contributed by atoms with van der Waals surface area (Å²) in [5.41, 5.74) is 5.24. The third-order valence-electron chi connectivity index (χ3n) is 2.58. The minimum absolute atomic E-state index is 0.0353. The molecular formula is C10H17N3O3S. The molecule has 0 spiro atoms. The Morgan fingerprint density at radius 3 is 2.88 bits per heavy atom. The molecule has 0 aliphatic carbocycles. The third-order valence-corrected chi connectivity index (χ3v) is 2.72. The monoisotopic (exact) mass is 259 g/mol. The van der Waals surface area contributed by atoms with Crippen molar-refractivity contribution in [1.29, 1.82) is 0 Å². The molecule has 0 saturated carbocycles. The smallest absolute Gasteiger partial charge is 0.312 e. The van der Waals surface area contributed by atoms with Crippen molar-refractivity contribution in [2.24, 2.45) is 5.73 Å². The van der Waals surface area contributed by atoms with E-state index in [-0.39, 0.29) is 17.6 Å². The van der Waals surface area contributed by atoms with Gasteiger partial charge in [0.15, 0.2) is 0 Å². The molecule has 0 bridgehead atoms. The van der Waals surface area contributed by atoms with E-state index in [0.29, 0.717) is 19.8 Å². The lowest BCUT2D eigenvalue weighted by Gasteiger charge is -2.34. The number of rotatable bonds is 3. The van der Waals surface area contributed by atoms with Gasteiger partial charge in [0.2, 0.25) is 0 Å². The minimum Gasteiger partial charge on any atom is -0.392 e. The van der Waals surface area contributed by atoms with Gasteiger partial charge in [-0.2, -0.15) is 0 Å². The highest BCUT2D eigenvalue weighted by Crippen LogP contribution is 2.10. The van der Waals surface area contributed by atoms with Gasteiger partial charge in [-0.05, 0) is 6.42 Å². The Morgan fingerprint density at radius 1 is 1.59 bits per heavy atom. The van der Waals surface area contributed by atoms with Crippen molar-refractivity contribution in [2.75, 3.05) is 26.3 Å². The summed E-state index contributed by atoms with van der Waals surface area (Å²) >= 11 is 4.62. The van der Waals surface area contributed by atoms with Gasteiger partial charge in [0, 0.05) is 6.54 Å². The molecule has 1 heterocycles. The van der Waals surface area contributed by atoms with Crippen LogP contribution in [0.2, 0.25) is 0 Å². The highest BCUT2D eigenvalue weighted by molar-refractivity contribution is 7.80. The first-order valence-electron chi connectivity index (χ1n) is 5.51. The number of nitrogens with one attached hydrogen (secondary N) is 1. The third kappa shape index (κ3) is 3.94. The highest BCUT2D eigenvalue weighted by Gasteiger charge is 2.29. The van der Waals surface area contributed by atoms with Gasteiger partial charge >= 0.3 is 11.8 Å². The molecule has 17 heavy (non-hydrogen) atoms. The molecule has 1 aliphatic rings. The number of hydrogen-bond donors (Lipinski definition) is 2. The number of carbonyl (C=O) groups is 2. The molecule has 0 aromatic heterocycles. The van der Waals surface area contributed by atoms with Crippen molar-refractivity contribution in [3.8, 4) is 0 Å². The van der Waals surface area contributed by atoms with Crippen LogP contribution in [0.3, 0.4) is 0 Å². The summed E-state index contributed by atoms with van der Waals surface area (Å²) in [6, 6.07) is -0.0353. The lowest BCUT2D eigenvalue weighted by Crippen LogP contribution is -2.53. The van der Waals surface area contributed by atoms with Gasteiger partial charge in [-0.1, -0.05) is 19.1 Å². The largest absolute Gasteiger partial charge is 0.392 e. The van der Waals surface area contributed by atoms with Gasteiger partial charge in [0.05, 0.1) is 30.8 Å². The molecule has 1 rings (SSSR count). The molecule has 0 aromatic rings. The molecule has 1 saturated heterocycles. The van der Waals surface area contributed by atoms with Gasteiger partial charge in [-0.15, -0.1) is 0 Å². The Hall–Kier alpha value is -1.21. The Morgan fingerprint density at radius 2 is 2.29 bits per heavy atom. The molecule has 0 radical (unpaired) electrons. The predicted octanol–water partition coefficient (Wildman–Crippen LogP) is -0.974. The average molecular weight is 259 g/mol. The number of hydrogen-bond acceptors (Lipinski definition) is 4. The maximum absolute atomic E-state index is 11.9. The molecule has 1 fully saturated rings. The van der Waals surface area contributed by atoms with Crippen LogP contribution < -0.4 is 11.1 Å². The van der Waals surface area contributed by atoms with E-state index in [4.69, 9.17) is 10.5 Å². The van der Waals surface area contributed by atoms with Crippen molar-refractivity contribution in [3.05, 3.63) is 0 Å². The van der Waals surface area contributed by atoms with Crippen molar-refractivity contribution in [1.82, 2.24) is 10.2 Å². The summed E-state index contributed by atoms with van der Waals surface area (Å²) in [6.45, 7) is 3.38. The molecule has 2 amide bonds. The topological polar surface area (TPSA) is 84.7 Å². The fourth-order valence-electron chi connectivity index (χ4n) is 1.63. The second-order valence-electron chi connectivity index (χ2n) is 3.78. The maximum Gasteiger partial charge on any atom is 0.312 e. The molecular weight excluding hydrogens is 242 g/mol. The molecule has 0 aromatic carbocycles. The van der Waals surface area contributed by atoms with E-state index in [9.17, 15) is 9.59 Å². The van der Waals surface area contributed by atoms with Crippen LogP contribution in [0.25, 0.3) is 0 Å². The summed E-state index contributed by atoms with van der Waals surface area (Å²) in [7, 11) is 0. The summed E-state index contributed by atoms with van der Waals surface area (Å²) in [5.74, 6) is -1.21. The number of carbonyl (C=O) groups excluding carboxylic acids is 2. The van der Waals surface area contributed by atoms with Gasteiger partial charge in [0.25, 0.3) is 0 Å². The zero-order valence-corrected chi connectivity index (χ0v) is 10.6.